The van der Waals surface area contributed by atoms with Crippen molar-refractivity contribution in [1.29, 1.82) is 0 Å². The monoisotopic (exact) mass is 208 g/mol. The molecule has 0 fully saturated rings. The molecule has 0 amide bonds. The lowest BCUT2D eigenvalue weighted by Gasteiger charge is -2.09. The molecule has 0 heterocycles. The minimum Gasteiger partial charge on any atom is -0.433 e. The summed E-state index contributed by atoms with van der Waals surface area (Å²) in [5, 5.41) is 0.301. The minimum absolute atomic E-state index is 0.0787. The molecule has 1 aromatic rings. The topological polar surface area (TPSA) is 47.3 Å². The van der Waals surface area contributed by atoms with Crippen LogP contribution >= 0.6 is 11.6 Å². The standard InChI is InChI=1S/C7H7ClF2N2O/c8-4-1-2-5(12-11)6(3-4)13-7(9)10/h1-3,7,12H,11H2. The third-order valence-corrected chi connectivity index (χ3v) is 1.55. The van der Waals surface area contributed by atoms with Crippen LogP contribution in [0.4, 0.5) is 14.5 Å². The van der Waals surface area contributed by atoms with Gasteiger partial charge in [-0.3, -0.25) is 5.84 Å². The molecule has 6 heteroatoms. The van der Waals surface area contributed by atoms with Gasteiger partial charge in [-0.05, 0) is 12.1 Å². The van der Waals surface area contributed by atoms with Crippen LogP contribution in [-0.4, -0.2) is 6.61 Å². The molecule has 0 bridgehead atoms. The van der Waals surface area contributed by atoms with Gasteiger partial charge in [0, 0.05) is 11.1 Å². The van der Waals surface area contributed by atoms with E-state index in [4.69, 9.17) is 17.4 Å². The van der Waals surface area contributed by atoms with Crippen LogP contribution in [0.5, 0.6) is 5.75 Å². The second kappa shape index (κ2) is 4.25. The second-order valence-corrected chi connectivity index (χ2v) is 2.60. The number of nitrogen functional groups attached to an aromatic ring is 1. The molecule has 0 unspecified atom stereocenters. The Kier molecular flexibility index (Phi) is 3.27. The van der Waals surface area contributed by atoms with E-state index >= 15 is 0 Å². The summed E-state index contributed by atoms with van der Waals surface area (Å²) < 4.78 is 27.8. The van der Waals surface area contributed by atoms with E-state index < -0.39 is 6.61 Å². The van der Waals surface area contributed by atoms with Crippen molar-refractivity contribution in [3.63, 3.8) is 0 Å². The first-order chi connectivity index (χ1) is 6.13. The van der Waals surface area contributed by atoms with Gasteiger partial charge >= 0.3 is 6.61 Å². The summed E-state index contributed by atoms with van der Waals surface area (Å²) >= 11 is 5.56. The zero-order valence-electron chi connectivity index (χ0n) is 6.43. The number of rotatable bonds is 3. The predicted octanol–water partition coefficient (Wildman–Crippen LogP) is 2.23. The zero-order chi connectivity index (χ0) is 9.84. The molecule has 0 spiro atoms. The van der Waals surface area contributed by atoms with Gasteiger partial charge in [-0.25, -0.2) is 0 Å². The summed E-state index contributed by atoms with van der Waals surface area (Å²) in [4.78, 5) is 0. The van der Waals surface area contributed by atoms with E-state index in [9.17, 15) is 8.78 Å². The van der Waals surface area contributed by atoms with Crippen molar-refractivity contribution in [2.24, 2.45) is 5.84 Å². The quantitative estimate of drug-likeness (QED) is 0.592. The van der Waals surface area contributed by atoms with E-state index in [0.717, 1.165) is 0 Å². The number of hydrogen-bond acceptors (Lipinski definition) is 3. The number of ether oxygens (including phenoxy) is 1. The fourth-order valence-electron chi connectivity index (χ4n) is 0.809. The summed E-state index contributed by atoms with van der Waals surface area (Å²) in [6.07, 6.45) is 0. The van der Waals surface area contributed by atoms with Gasteiger partial charge in [-0.15, -0.1) is 0 Å². The Hall–Kier alpha value is -1.07. The normalized spacial score (nSPS) is 10.2. The number of nitrogens with one attached hydrogen (secondary N) is 1. The van der Waals surface area contributed by atoms with Gasteiger partial charge in [0.2, 0.25) is 0 Å². The first kappa shape index (κ1) is 10.0. The first-order valence-electron chi connectivity index (χ1n) is 3.34. The lowest BCUT2D eigenvalue weighted by Crippen LogP contribution is -2.10. The van der Waals surface area contributed by atoms with E-state index in [1.54, 1.807) is 0 Å². The maximum atomic E-state index is 11.8. The summed E-state index contributed by atoms with van der Waals surface area (Å²) in [6.45, 7) is -2.90. The lowest BCUT2D eigenvalue weighted by molar-refractivity contribution is -0.0493. The van der Waals surface area contributed by atoms with Crippen LogP contribution in [0, 0.1) is 0 Å². The van der Waals surface area contributed by atoms with Crippen molar-refractivity contribution in [3.8, 4) is 5.75 Å². The highest BCUT2D eigenvalue weighted by molar-refractivity contribution is 6.30. The Morgan fingerprint density at radius 3 is 2.69 bits per heavy atom. The van der Waals surface area contributed by atoms with E-state index in [-0.39, 0.29) is 11.4 Å². The molecular formula is C7H7ClF2N2O. The van der Waals surface area contributed by atoms with Gasteiger partial charge in [-0.1, -0.05) is 11.6 Å². The molecule has 1 aromatic carbocycles. The smallest absolute Gasteiger partial charge is 0.387 e. The highest BCUT2D eigenvalue weighted by Gasteiger charge is 2.09. The van der Waals surface area contributed by atoms with Crippen molar-refractivity contribution in [2.45, 2.75) is 6.61 Å². The van der Waals surface area contributed by atoms with E-state index in [1.165, 1.54) is 18.2 Å². The lowest BCUT2D eigenvalue weighted by atomic mass is 10.3. The van der Waals surface area contributed by atoms with Crippen LogP contribution in [0.1, 0.15) is 0 Å². The molecule has 0 atom stereocenters. The maximum Gasteiger partial charge on any atom is 0.387 e. The largest absolute Gasteiger partial charge is 0.433 e. The number of benzene rings is 1. The molecule has 0 saturated heterocycles. The number of alkyl halides is 2. The van der Waals surface area contributed by atoms with E-state index in [2.05, 4.69) is 10.2 Å². The van der Waals surface area contributed by atoms with Crippen LogP contribution in [-0.2, 0) is 0 Å². The van der Waals surface area contributed by atoms with Crippen LogP contribution in [0.3, 0.4) is 0 Å². The highest BCUT2D eigenvalue weighted by Crippen LogP contribution is 2.28. The molecule has 0 aliphatic carbocycles. The van der Waals surface area contributed by atoms with Gasteiger partial charge in [0.1, 0.15) is 0 Å². The SMILES string of the molecule is NNc1ccc(Cl)cc1OC(F)F. The van der Waals surface area contributed by atoms with Crippen molar-refractivity contribution in [3.05, 3.63) is 23.2 Å². The van der Waals surface area contributed by atoms with Gasteiger partial charge < -0.3 is 10.2 Å². The van der Waals surface area contributed by atoms with Crippen LogP contribution in [0.15, 0.2) is 18.2 Å². The number of halogens is 3. The fourth-order valence-corrected chi connectivity index (χ4v) is 0.971. The van der Waals surface area contributed by atoms with Crippen molar-refractivity contribution < 1.29 is 13.5 Å². The molecule has 3 nitrogen and oxygen atoms in total. The number of hydrazine groups is 1. The number of nitrogens with two attached hydrogens (primary N) is 1. The van der Waals surface area contributed by atoms with Crippen LogP contribution < -0.4 is 16.0 Å². The average Bonchev–Trinajstić information content (AvgIpc) is 2.03. The number of anilines is 1. The molecule has 0 radical (unpaired) electrons. The van der Waals surface area contributed by atoms with E-state index in [1.807, 2.05) is 0 Å². The molecule has 0 saturated carbocycles. The predicted molar refractivity (Wildman–Crippen MR) is 45.9 cm³/mol. The average molecular weight is 209 g/mol. The summed E-state index contributed by atoms with van der Waals surface area (Å²) in [6, 6.07) is 4.21. The van der Waals surface area contributed by atoms with Crippen LogP contribution in [0.2, 0.25) is 5.02 Å². The molecule has 0 aliphatic heterocycles. The third kappa shape index (κ3) is 2.71. The molecule has 13 heavy (non-hydrogen) atoms. The maximum absolute atomic E-state index is 11.8. The minimum atomic E-state index is -2.90. The summed E-state index contributed by atoms with van der Waals surface area (Å²) in [7, 11) is 0. The summed E-state index contributed by atoms with van der Waals surface area (Å²) in [5.41, 5.74) is 2.47. The van der Waals surface area contributed by atoms with Gasteiger partial charge in [0.25, 0.3) is 0 Å². The van der Waals surface area contributed by atoms with Gasteiger partial charge in [0.15, 0.2) is 5.75 Å². The third-order valence-electron chi connectivity index (χ3n) is 1.32. The van der Waals surface area contributed by atoms with Crippen molar-refractivity contribution in [1.82, 2.24) is 0 Å². The molecule has 3 N–H and O–H groups in total. The molecular weight excluding hydrogens is 202 g/mol. The van der Waals surface area contributed by atoms with Gasteiger partial charge in [0.05, 0.1) is 5.69 Å². The van der Waals surface area contributed by atoms with Crippen LogP contribution in [0.25, 0.3) is 0 Å². The Morgan fingerprint density at radius 1 is 1.46 bits per heavy atom. The van der Waals surface area contributed by atoms with Crippen molar-refractivity contribution in [2.75, 3.05) is 5.43 Å². The van der Waals surface area contributed by atoms with Crippen molar-refractivity contribution >= 4 is 17.3 Å². The Morgan fingerprint density at radius 2 is 2.15 bits per heavy atom. The summed E-state index contributed by atoms with van der Waals surface area (Å²) in [5.74, 6) is 4.98. The molecule has 0 aliphatic rings. The number of hydrogen-bond donors (Lipinski definition) is 2. The molecule has 0 aromatic heterocycles. The van der Waals surface area contributed by atoms with E-state index in [0.29, 0.717) is 5.02 Å². The second-order valence-electron chi connectivity index (χ2n) is 2.16. The highest BCUT2D eigenvalue weighted by atomic mass is 35.5. The van der Waals surface area contributed by atoms with Gasteiger partial charge in [-0.2, -0.15) is 8.78 Å². The Balaban J connectivity index is 2.94. The zero-order valence-corrected chi connectivity index (χ0v) is 7.18. The Bertz CT molecular complexity index is 296. The molecule has 72 valence electrons. The first-order valence-corrected chi connectivity index (χ1v) is 3.72. The Labute approximate surface area is 78.4 Å². The molecule has 1 rings (SSSR count). The fraction of sp³-hybridized carbons (Fsp3) is 0.143.